The van der Waals surface area contributed by atoms with Gasteiger partial charge in [-0.1, -0.05) is 18.2 Å². The number of nitrogens with one attached hydrogen (secondary N) is 2. The van der Waals surface area contributed by atoms with Crippen molar-refractivity contribution in [1.82, 2.24) is 4.98 Å². The van der Waals surface area contributed by atoms with E-state index < -0.39 is 29.0 Å². The van der Waals surface area contributed by atoms with Gasteiger partial charge in [0.05, 0.1) is 23.1 Å². The van der Waals surface area contributed by atoms with Crippen molar-refractivity contribution in [2.24, 2.45) is 0 Å². The molecular formula is C18H12F3N3O. The minimum absolute atomic E-state index is 0.0593. The average Bonchev–Trinajstić information content (AvgIpc) is 2.60. The predicted octanol–water partition coefficient (Wildman–Crippen LogP) is 4.49. The number of benzene rings is 2. The number of aromatic nitrogens is 1. The maximum absolute atomic E-state index is 13.7. The average molecular weight is 343 g/mol. The van der Waals surface area contributed by atoms with Gasteiger partial charge in [0.25, 0.3) is 5.91 Å². The third-order valence-electron chi connectivity index (χ3n) is 3.35. The molecule has 0 bridgehead atoms. The Kier molecular flexibility index (Phi) is 4.65. The van der Waals surface area contributed by atoms with Crippen molar-refractivity contribution in [2.45, 2.75) is 0 Å². The summed E-state index contributed by atoms with van der Waals surface area (Å²) in [6.45, 7) is 0. The van der Waals surface area contributed by atoms with Crippen LogP contribution in [0.2, 0.25) is 0 Å². The number of carbonyl (C=O) groups excluding carboxylic acids is 1. The van der Waals surface area contributed by atoms with Crippen LogP contribution in [0.5, 0.6) is 0 Å². The van der Waals surface area contributed by atoms with Gasteiger partial charge in [0.15, 0.2) is 0 Å². The molecule has 0 atom stereocenters. The lowest BCUT2D eigenvalue weighted by Crippen LogP contribution is -2.14. The lowest BCUT2D eigenvalue weighted by atomic mass is 10.2. The zero-order valence-corrected chi connectivity index (χ0v) is 12.8. The van der Waals surface area contributed by atoms with Gasteiger partial charge in [-0.15, -0.1) is 0 Å². The summed E-state index contributed by atoms with van der Waals surface area (Å²) in [5.41, 5.74) is 0.0812. The first-order valence-electron chi connectivity index (χ1n) is 7.26. The summed E-state index contributed by atoms with van der Waals surface area (Å²) >= 11 is 0. The number of rotatable bonds is 4. The van der Waals surface area contributed by atoms with E-state index >= 15 is 0 Å². The van der Waals surface area contributed by atoms with Crippen LogP contribution in [0.4, 0.5) is 30.2 Å². The van der Waals surface area contributed by atoms with Crippen LogP contribution in [-0.2, 0) is 0 Å². The van der Waals surface area contributed by atoms with Gasteiger partial charge in [-0.25, -0.2) is 13.2 Å². The molecule has 0 saturated carbocycles. The highest BCUT2D eigenvalue weighted by Crippen LogP contribution is 2.21. The van der Waals surface area contributed by atoms with E-state index in [1.54, 1.807) is 12.1 Å². The van der Waals surface area contributed by atoms with Gasteiger partial charge >= 0.3 is 0 Å². The molecular weight excluding hydrogens is 331 g/mol. The number of para-hydroxylation sites is 2. The molecule has 0 spiro atoms. The maximum atomic E-state index is 13.7. The van der Waals surface area contributed by atoms with Crippen molar-refractivity contribution in [3.8, 4) is 0 Å². The molecule has 0 aliphatic heterocycles. The molecule has 0 unspecified atom stereocenters. The fraction of sp³-hybridized carbons (Fsp3) is 0. The SMILES string of the molecule is O=C(Nc1c(F)cccc1F)c1cncc(Nc2ccccc2F)c1. The zero-order valence-electron chi connectivity index (χ0n) is 12.8. The first-order chi connectivity index (χ1) is 12.0. The molecule has 7 heteroatoms. The van der Waals surface area contributed by atoms with E-state index in [2.05, 4.69) is 15.6 Å². The molecule has 2 N–H and O–H groups in total. The van der Waals surface area contributed by atoms with Gasteiger partial charge in [0, 0.05) is 6.20 Å². The first-order valence-corrected chi connectivity index (χ1v) is 7.26. The number of hydrogen-bond acceptors (Lipinski definition) is 3. The van der Waals surface area contributed by atoms with Gasteiger partial charge in [0.2, 0.25) is 0 Å². The number of halogens is 3. The molecule has 3 rings (SSSR count). The maximum Gasteiger partial charge on any atom is 0.257 e. The summed E-state index contributed by atoms with van der Waals surface area (Å²) in [6.07, 6.45) is 2.63. The Morgan fingerprint density at radius 1 is 0.880 bits per heavy atom. The third-order valence-corrected chi connectivity index (χ3v) is 3.35. The highest BCUT2D eigenvalue weighted by molar-refractivity contribution is 6.04. The molecule has 126 valence electrons. The highest BCUT2D eigenvalue weighted by atomic mass is 19.1. The van der Waals surface area contributed by atoms with E-state index in [9.17, 15) is 18.0 Å². The first kappa shape index (κ1) is 16.5. The van der Waals surface area contributed by atoms with E-state index in [1.807, 2.05) is 0 Å². The summed E-state index contributed by atoms with van der Waals surface area (Å²) < 4.78 is 40.9. The van der Waals surface area contributed by atoms with E-state index in [0.29, 0.717) is 5.69 Å². The predicted molar refractivity (Wildman–Crippen MR) is 88.2 cm³/mol. The van der Waals surface area contributed by atoms with Crippen LogP contribution in [0.1, 0.15) is 10.4 Å². The lowest BCUT2D eigenvalue weighted by Gasteiger charge is -2.10. The molecule has 0 aliphatic carbocycles. The zero-order chi connectivity index (χ0) is 17.8. The number of pyridine rings is 1. The van der Waals surface area contributed by atoms with E-state index in [4.69, 9.17) is 0 Å². The van der Waals surface area contributed by atoms with E-state index in [1.165, 1.54) is 36.7 Å². The van der Waals surface area contributed by atoms with Crippen molar-refractivity contribution >= 4 is 23.0 Å². The Labute approximate surface area is 141 Å². The van der Waals surface area contributed by atoms with Crippen LogP contribution in [0.3, 0.4) is 0 Å². The van der Waals surface area contributed by atoms with Crippen molar-refractivity contribution in [3.05, 3.63) is 83.9 Å². The topological polar surface area (TPSA) is 54.0 Å². The summed E-state index contributed by atoms with van der Waals surface area (Å²) in [6, 6.07) is 10.7. The van der Waals surface area contributed by atoms with Gasteiger partial charge in [-0.3, -0.25) is 9.78 Å². The van der Waals surface area contributed by atoms with Gasteiger partial charge in [-0.05, 0) is 30.3 Å². The Hall–Kier alpha value is -3.35. The number of carbonyl (C=O) groups is 1. The fourth-order valence-electron chi connectivity index (χ4n) is 2.15. The Morgan fingerprint density at radius 2 is 1.56 bits per heavy atom. The fourth-order valence-corrected chi connectivity index (χ4v) is 2.15. The molecule has 0 saturated heterocycles. The second kappa shape index (κ2) is 7.04. The Balaban J connectivity index is 1.81. The number of amides is 1. The minimum Gasteiger partial charge on any atom is -0.352 e. The summed E-state index contributed by atoms with van der Waals surface area (Å²) in [4.78, 5) is 16.1. The van der Waals surface area contributed by atoms with Crippen molar-refractivity contribution in [2.75, 3.05) is 10.6 Å². The van der Waals surface area contributed by atoms with Gasteiger partial charge in [-0.2, -0.15) is 0 Å². The standard InChI is InChI=1S/C18H12F3N3O/c19-13-4-1-2-7-16(13)23-12-8-11(9-22-10-12)18(25)24-17-14(20)5-3-6-15(17)21/h1-10,23H,(H,24,25). The molecule has 1 amide bonds. The Bertz CT molecular complexity index is 911. The molecule has 1 heterocycles. The molecule has 25 heavy (non-hydrogen) atoms. The van der Waals surface area contributed by atoms with Crippen LogP contribution < -0.4 is 10.6 Å². The van der Waals surface area contributed by atoms with Crippen molar-refractivity contribution in [3.63, 3.8) is 0 Å². The third kappa shape index (κ3) is 3.77. The van der Waals surface area contributed by atoms with Crippen LogP contribution >= 0.6 is 0 Å². The van der Waals surface area contributed by atoms with Crippen LogP contribution in [0, 0.1) is 17.5 Å². The normalized spacial score (nSPS) is 10.4. The largest absolute Gasteiger partial charge is 0.352 e. The molecule has 0 fully saturated rings. The lowest BCUT2D eigenvalue weighted by molar-refractivity contribution is 0.102. The van der Waals surface area contributed by atoms with Crippen molar-refractivity contribution in [1.29, 1.82) is 0 Å². The van der Waals surface area contributed by atoms with Crippen LogP contribution in [-0.4, -0.2) is 10.9 Å². The molecule has 3 aromatic rings. The number of hydrogen-bond donors (Lipinski definition) is 2. The van der Waals surface area contributed by atoms with Crippen molar-refractivity contribution < 1.29 is 18.0 Å². The summed E-state index contributed by atoms with van der Waals surface area (Å²) in [5.74, 6) is -2.98. The Morgan fingerprint density at radius 3 is 2.28 bits per heavy atom. The molecule has 0 radical (unpaired) electrons. The van der Waals surface area contributed by atoms with Gasteiger partial charge < -0.3 is 10.6 Å². The number of anilines is 3. The highest BCUT2D eigenvalue weighted by Gasteiger charge is 2.14. The molecule has 1 aromatic heterocycles. The van der Waals surface area contributed by atoms with E-state index in [0.717, 1.165) is 12.1 Å². The second-order valence-electron chi connectivity index (χ2n) is 5.12. The minimum atomic E-state index is -0.887. The quantitative estimate of drug-likeness (QED) is 0.734. The van der Waals surface area contributed by atoms with Crippen LogP contribution in [0.25, 0.3) is 0 Å². The molecule has 4 nitrogen and oxygen atoms in total. The van der Waals surface area contributed by atoms with Gasteiger partial charge in [0.1, 0.15) is 23.1 Å². The smallest absolute Gasteiger partial charge is 0.257 e. The van der Waals surface area contributed by atoms with E-state index in [-0.39, 0.29) is 11.3 Å². The summed E-state index contributed by atoms with van der Waals surface area (Å²) in [5, 5.41) is 4.95. The number of nitrogens with zero attached hydrogens (tertiary/aromatic N) is 1. The molecule has 0 aliphatic rings. The second-order valence-corrected chi connectivity index (χ2v) is 5.12. The molecule has 2 aromatic carbocycles. The summed E-state index contributed by atoms with van der Waals surface area (Å²) in [7, 11) is 0. The van der Waals surface area contributed by atoms with Crippen LogP contribution in [0.15, 0.2) is 60.9 Å². The monoisotopic (exact) mass is 343 g/mol.